The summed E-state index contributed by atoms with van der Waals surface area (Å²) in [5, 5.41) is 13.4. The average Bonchev–Trinajstić information content (AvgIpc) is 3.05. The topological polar surface area (TPSA) is 75.4 Å². The molecule has 0 aliphatic carbocycles. The molecule has 3 rings (SSSR count). The van der Waals surface area contributed by atoms with Gasteiger partial charge in [0.05, 0.1) is 24.0 Å². The van der Waals surface area contributed by atoms with Crippen molar-refractivity contribution in [3.05, 3.63) is 65.2 Å². The SMILES string of the molecule is O=C(NC(CO)c1ccco1)c1cc(Cl)cc2cccnc12. The van der Waals surface area contributed by atoms with Crippen molar-refractivity contribution < 1.29 is 14.3 Å². The third-order valence-electron chi connectivity index (χ3n) is 3.29. The van der Waals surface area contributed by atoms with Crippen LogP contribution >= 0.6 is 11.6 Å². The predicted octanol–water partition coefficient (Wildman–Crippen LogP) is 2.94. The molecule has 0 spiro atoms. The summed E-state index contributed by atoms with van der Waals surface area (Å²) in [5.41, 5.74) is 0.911. The van der Waals surface area contributed by atoms with Crippen molar-refractivity contribution in [2.24, 2.45) is 0 Å². The third kappa shape index (κ3) is 2.81. The molecule has 1 unspecified atom stereocenters. The van der Waals surface area contributed by atoms with Crippen molar-refractivity contribution in [1.29, 1.82) is 0 Å². The number of benzene rings is 1. The quantitative estimate of drug-likeness (QED) is 0.776. The molecular formula is C16H13ClN2O3. The third-order valence-corrected chi connectivity index (χ3v) is 3.51. The van der Waals surface area contributed by atoms with Crippen LogP contribution in [-0.4, -0.2) is 22.6 Å². The van der Waals surface area contributed by atoms with Crippen molar-refractivity contribution in [3.63, 3.8) is 0 Å². The first-order chi connectivity index (χ1) is 10.7. The molecule has 0 saturated heterocycles. The molecule has 1 atom stereocenters. The minimum atomic E-state index is -0.625. The van der Waals surface area contributed by atoms with Gasteiger partial charge in [0.2, 0.25) is 0 Å². The maximum absolute atomic E-state index is 12.5. The molecule has 2 aromatic heterocycles. The number of carbonyl (C=O) groups excluding carboxylic acids is 1. The van der Waals surface area contributed by atoms with Gasteiger partial charge in [0.15, 0.2) is 0 Å². The highest BCUT2D eigenvalue weighted by molar-refractivity contribution is 6.32. The Morgan fingerprint density at radius 1 is 1.36 bits per heavy atom. The van der Waals surface area contributed by atoms with Gasteiger partial charge in [-0.25, -0.2) is 0 Å². The molecule has 0 aliphatic heterocycles. The number of nitrogens with one attached hydrogen (secondary N) is 1. The molecule has 3 aromatic rings. The van der Waals surface area contributed by atoms with Crippen molar-refractivity contribution >= 4 is 28.4 Å². The van der Waals surface area contributed by atoms with Gasteiger partial charge in [-0.3, -0.25) is 9.78 Å². The summed E-state index contributed by atoms with van der Waals surface area (Å²) in [6, 6.07) is 9.68. The Labute approximate surface area is 131 Å². The fourth-order valence-corrected chi connectivity index (χ4v) is 2.49. The van der Waals surface area contributed by atoms with Gasteiger partial charge in [-0.05, 0) is 30.3 Å². The molecule has 0 aliphatic rings. The van der Waals surface area contributed by atoms with Gasteiger partial charge in [0, 0.05) is 16.6 Å². The Hall–Kier alpha value is -2.37. The Bertz CT molecular complexity index is 802. The van der Waals surface area contributed by atoms with Gasteiger partial charge in [0.25, 0.3) is 5.91 Å². The first-order valence-electron chi connectivity index (χ1n) is 6.68. The molecule has 1 aromatic carbocycles. The number of hydrogen-bond donors (Lipinski definition) is 2. The number of aliphatic hydroxyl groups is 1. The predicted molar refractivity (Wildman–Crippen MR) is 82.8 cm³/mol. The van der Waals surface area contributed by atoms with E-state index in [1.54, 1.807) is 36.5 Å². The first kappa shape index (κ1) is 14.6. The minimum Gasteiger partial charge on any atom is -0.467 e. The molecule has 6 heteroatoms. The number of nitrogens with zero attached hydrogens (tertiary/aromatic N) is 1. The van der Waals surface area contributed by atoms with Crippen LogP contribution in [-0.2, 0) is 0 Å². The number of pyridine rings is 1. The van der Waals surface area contributed by atoms with Crippen LogP contribution in [0.25, 0.3) is 10.9 Å². The lowest BCUT2D eigenvalue weighted by Gasteiger charge is -2.15. The summed E-state index contributed by atoms with van der Waals surface area (Å²) in [6.45, 7) is -0.273. The smallest absolute Gasteiger partial charge is 0.254 e. The lowest BCUT2D eigenvalue weighted by Crippen LogP contribution is -2.30. The fraction of sp³-hybridized carbons (Fsp3) is 0.125. The minimum absolute atomic E-state index is 0.273. The van der Waals surface area contributed by atoms with Crippen LogP contribution in [0, 0.1) is 0 Å². The van der Waals surface area contributed by atoms with E-state index in [0.29, 0.717) is 21.9 Å². The zero-order chi connectivity index (χ0) is 15.5. The Kier molecular flexibility index (Phi) is 4.09. The van der Waals surface area contributed by atoms with Gasteiger partial charge < -0.3 is 14.8 Å². The second-order valence-electron chi connectivity index (χ2n) is 4.75. The van der Waals surface area contributed by atoms with Crippen LogP contribution in [0.4, 0.5) is 0 Å². The molecule has 0 fully saturated rings. The van der Waals surface area contributed by atoms with Gasteiger partial charge >= 0.3 is 0 Å². The monoisotopic (exact) mass is 316 g/mol. The Morgan fingerprint density at radius 2 is 2.23 bits per heavy atom. The summed E-state index contributed by atoms with van der Waals surface area (Å²) < 4.78 is 5.22. The van der Waals surface area contributed by atoms with Crippen molar-refractivity contribution in [1.82, 2.24) is 10.3 Å². The summed E-state index contributed by atoms with van der Waals surface area (Å²) in [6.07, 6.45) is 3.10. The summed E-state index contributed by atoms with van der Waals surface area (Å²) >= 11 is 6.06. The highest BCUT2D eigenvalue weighted by atomic mass is 35.5. The van der Waals surface area contributed by atoms with Crippen LogP contribution in [0.3, 0.4) is 0 Å². The molecule has 0 bridgehead atoms. The molecule has 2 N–H and O–H groups in total. The number of furan rings is 1. The van der Waals surface area contributed by atoms with E-state index >= 15 is 0 Å². The maximum atomic E-state index is 12.5. The fourth-order valence-electron chi connectivity index (χ4n) is 2.26. The number of halogens is 1. The zero-order valence-electron chi connectivity index (χ0n) is 11.5. The molecular weight excluding hydrogens is 304 g/mol. The van der Waals surface area contributed by atoms with Gasteiger partial charge in [0.1, 0.15) is 11.8 Å². The highest BCUT2D eigenvalue weighted by Crippen LogP contribution is 2.23. The molecule has 0 saturated carbocycles. The molecule has 112 valence electrons. The standard InChI is InChI=1S/C16H13ClN2O3/c17-11-7-10-3-1-5-18-15(10)12(8-11)16(21)19-13(9-20)14-4-2-6-22-14/h1-8,13,20H,9H2,(H,19,21). The van der Waals surface area contributed by atoms with Crippen LogP contribution in [0.15, 0.2) is 53.3 Å². The number of carbonyl (C=O) groups is 1. The highest BCUT2D eigenvalue weighted by Gasteiger charge is 2.19. The normalized spacial score (nSPS) is 12.3. The van der Waals surface area contributed by atoms with Crippen LogP contribution in [0.5, 0.6) is 0 Å². The van der Waals surface area contributed by atoms with E-state index in [9.17, 15) is 9.90 Å². The van der Waals surface area contributed by atoms with E-state index in [0.717, 1.165) is 5.39 Å². The summed E-state index contributed by atoms with van der Waals surface area (Å²) in [5.74, 6) is 0.108. The van der Waals surface area contributed by atoms with Crippen molar-refractivity contribution in [2.75, 3.05) is 6.61 Å². The van der Waals surface area contributed by atoms with E-state index in [1.165, 1.54) is 6.26 Å². The largest absolute Gasteiger partial charge is 0.467 e. The second kappa shape index (κ2) is 6.17. The number of rotatable bonds is 4. The molecule has 5 nitrogen and oxygen atoms in total. The van der Waals surface area contributed by atoms with E-state index in [-0.39, 0.29) is 12.5 Å². The number of fused-ring (bicyclic) bond motifs is 1. The lowest BCUT2D eigenvalue weighted by molar-refractivity contribution is 0.0909. The summed E-state index contributed by atoms with van der Waals surface area (Å²) in [7, 11) is 0. The maximum Gasteiger partial charge on any atom is 0.254 e. The molecule has 22 heavy (non-hydrogen) atoms. The first-order valence-corrected chi connectivity index (χ1v) is 7.06. The lowest BCUT2D eigenvalue weighted by atomic mass is 10.1. The average molecular weight is 317 g/mol. The van der Waals surface area contributed by atoms with Crippen LogP contribution < -0.4 is 5.32 Å². The number of aromatic nitrogens is 1. The van der Waals surface area contributed by atoms with Crippen molar-refractivity contribution in [2.45, 2.75) is 6.04 Å². The Balaban J connectivity index is 1.95. The zero-order valence-corrected chi connectivity index (χ0v) is 12.2. The number of hydrogen-bond acceptors (Lipinski definition) is 4. The van der Waals surface area contributed by atoms with Crippen molar-refractivity contribution in [3.8, 4) is 0 Å². The molecule has 0 radical (unpaired) electrons. The van der Waals surface area contributed by atoms with Crippen LogP contribution in [0.1, 0.15) is 22.2 Å². The molecule has 1 amide bonds. The Morgan fingerprint density at radius 3 is 2.95 bits per heavy atom. The van der Waals surface area contributed by atoms with E-state index in [4.69, 9.17) is 16.0 Å². The number of amides is 1. The van der Waals surface area contributed by atoms with Gasteiger partial charge in [-0.2, -0.15) is 0 Å². The van der Waals surface area contributed by atoms with E-state index in [1.807, 2.05) is 6.07 Å². The second-order valence-corrected chi connectivity index (χ2v) is 5.19. The van der Waals surface area contributed by atoms with E-state index in [2.05, 4.69) is 10.3 Å². The van der Waals surface area contributed by atoms with Crippen LogP contribution in [0.2, 0.25) is 5.02 Å². The van der Waals surface area contributed by atoms with Gasteiger partial charge in [-0.15, -0.1) is 0 Å². The number of aliphatic hydroxyl groups excluding tert-OH is 1. The molecule has 2 heterocycles. The van der Waals surface area contributed by atoms with Gasteiger partial charge in [-0.1, -0.05) is 17.7 Å². The summed E-state index contributed by atoms with van der Waals surface area (Å²) in [4.78, 5) is 16.7. The van der Waals surface area contributed by atoms with E-state index < -0.39 is 6.04 Å².